The number of hydrogen-bond donors (Lipinski definition) is 1. The van der Waals surface area contributed by atoms with Crippen LogP contribution in [0.15, 0.2) is 152 Å². The van der Waals surface area contributed by atoms with Gasteiger partial charge in [0.15, 0.2) is 11.4 Å². The molecule has 0 radical (unpaired) electrons. The summed E-state index contributed by atoms with van der Waals surface area (Å²) >= 11 is 0. The topological polar surface area (TPSA) is 18.0 Å². The predicted molar refractivity (Wildman–Crippen MR) is 219 cm³/mol. The van der Waals surface area contributed by atoms with Gasteiger partial charge in [-0.15, -0.1) is 0 Å². The standard InChI is InChI=1S/C25H24N2.C23H24N.BrH.HI/c1-25(2)23(15-9-10-18-26-20-12-5-4-6-13-20)27(3)22-17-16-19-11-7-8-14-21(19)24(22)25;1-16-9-5-6-11-19(16)15-23(3)17(2)24(4)21-14-13-18-10-7-8-12-20(18)22(21)23;;/h4-18H,1-3H3;5-14H,15H2,1-4H3;2*1H/q;+1;;/p-1. The molecule has 2 aliphatic rings. The second kappa shape index (κ2) is 16.4. The van der Waals surface area contributed by atoms with Gasteiger partial charge in [-0.05, 0) is 97.1 Å². The number of halogens is 2. The van der Waals surface area contributed by atoms with E-state index in [4.69, 9.17) is 0 Å². The Labute approximate surface area is 343 Å². The van der Waals surface area contributed by atoms with E-state index in [0.29, 0.717) is 0 Å². The van der Waals surface area contributed by atoms with Crippen LogP contribution in [0, 0.1) is 6.92 Å². The summed E-state index contributed by atoms with van der Waals surface area (Å²) in [4.78, 5) is 0. The maximum absolute atomic E-state index is 3.29. The number of fused-ring (bicyclic) bond motifs is 6. The molecule has 6 aromatic rings. The quantitative estimate of drug-likeness (QED) is 0.135. The molecule has 0 bridgehead atoms. The van der Waals surface area contributed by atoms with Crippen LogP contribution in [0.2, 0.25) is 0 Å². The van der Waals surface area contributed by atoms with Gasteiger partial charge in [-0.2, -0.15) is 4.58 Å². The molecule has 1 N–H and O–H groups in total. The second-order valence-corrected chi connectivity index (χ2v) is 14.7. The fraction of sp³-hybridized carbons (Fsp3) is 0.208. The Morgan fingerprint density at radius 3 is 1.79 bits per heavy atom. The van der Waals surface area contributed by atoms with Gasteiger partial charge < -0.3 is 46.3 Å². The molecule has 8 rings (SSSR count). The number of nitrogens with one attached hydrogen (secondary N) is 1. The number of para-hydroxylation sites is 1. The molecule has 5 heteroatoms. The number of nitrogens with zero attached hydrogens (tertiary/aromatic N) is 2. The lowest BCUT2D eigenvalue weighted by Gasteiger charge is -2.24. The third-order valence-electron chi connectivity index (χ3n) is 11.3. The van der Waals surface area contributed by atoms with Crippen LogP contribution in [0.25, 0.3) is 21.5 Å². The molecule has 6 aromatic carbocycles. The third-order valence-corrected chi connectivity index (χ3v) is 11.3. The van der Waals surface area contributed by atoms with Gasteiger partial charge in [-0.25, -0.2) is 4.58 Å². The molecule has 270 valence electrons. The highest BCUT2D eigenvalue weighted by Crippen LogP contribution is 2.46. The normalized spacial score (nSPS) is 17.0. The highest BCUT2D eigenvalue weighted by Gasteiger charge is 2.47. The molecule has 0 aliphatic carbocycles. The third kappa shape index (κ3) is 7.43. The van der Waals surface area contributed by atoms with Gasteiger partial charge in [0.25, 0.3) is 0 Å². The summed E-state index contributed by atoms with van der Waals surface area (Å²) in [7, 11) is 4.36. The Balaban J connectivity index is 0.000000198. The molecular weight excluding hydrogens is 825 g/mol. The molecule has 0 amide bonds. The monoisotopic (exact) mass is 873 g/mol. The number of hydrogen-bond acceptors (Lipinski definition) is 1. The SMILES string of the molecule is CC1=[N+](C)c2ccc3ccccc3c2C1(C)Cc1ccccc1C.C[N+]1=C(/C=C/C=C/Nc2ccccc2)C(C)(C)c2c1ccc1ccccc21.[Br-].[I-]. The number of benzene rings is 6. The molecule has 2 aliphatic heterocycles. The van der Waals surface area contributed by atoms with E-state index in [1.165, 1.54) is 66.6 Å². The lowest BCUT2D eigenvalue weighted by Crippen LogP contribution is -3.00. The number of aryl methyl sites for hydroxylation is 1. The summed E-state index contributed by atoms with van der Waals surface area (Å²) in [6.45, 7) is 11.5. The highest BCUT2D eigenvalue weighted by molar-refractivity contribution is 6.07. The minimum absolute atomic E-state index is 0. The lowest BCUT2D eigenvalue weighted by molar-refractivity contribution is -0.403. The van der Waals surface area contributed by atoms with Crippen LogP contribution in [0.5, 0.6) is 0 Å². The summed E-state index contributed by atoms with van der Waals surface area (Å²) < 4.78 is 4.69. The molecule has 1 atom stereocenters. The van der Waals surface area contributed by atoms with Crippen molar-refractivity contribution in [1.82, 2.24) is 0 Å². The van der Waals surface area contributed by atoms with E-state index in [9.17, 15) is 0 Å². The van der Waals surface area contributed by atoms with E-state index >= 15 is 0 Å². The van der Waals surface area contributed by atoms with Crippen molar-refractivity contribution in [2.45, 2.75) is 51.9 Å². The first-order valence-electron chi connectivity index (χ1n) is 18.0. The predicted octanol–water partition coefficient (Wildman–Crippen LogP) is 5.43. The fourth-order valence-electron chi connectivity index (χ4n) is 8.33. The smallest absolute Gasteiger partial charge is 0.210 e. The summed E-state index contributed by atoms with van der Waals surface area (Å²) in [5.74, 6) is 0. The van der Waals surface area contributed by atoms with E-state index in [2.05, 4.69) is 185 Å². The second-order valence-electron chi connectivity index (χ2n) is 14.7. The van der Waals surface area contributed by atoms with Crippen LogP contribution in [-0.4, -0.2) is 34.7 Å². The van der Waals surface area contributed by atoms with Gasteiger partial charge in [0.05, 0.1) is 10.8 Å². The molecule has 0 spiro atoms. The molecule has 0 aromatic heterocycles. The fourth-order valence-corrected chi connectivity index (χ4v) is 8.33. The van der Waals surface area contributed by atoms with Crippen LogP contribution in [0.3, 0.4) is 0 Å². The summed E-state index contributed by atoms with van der Waals surface area (Å²) in [6, 6.07) is 45.4. The maximum Gasteiger partial charge on any atom is 0.210 e. The zero-order valence-corrected chi connectivity index (χ0v) is 35.5. The van der Waals surface area contributed by atoms with Crippen LogP contribution in [0.4, 0.5) is 17.1 Å². The van der Waals surface area contributed by atoms with Gasteiger partial charge in [0, 0.05) is 48.1 Å². The van der Waals surface area contributed by atoms with Gasteiger partial charge >= 0.3 is 0 Å². The van der Waals surface area contributed by atoms with E-state index in [1.54, 1.807) is 0 Å². The van der Waals surface area contributed by atoms with Crippen molar-refractivity contribution in [2.75, 3.05) is 19.4 Å². The molecule has 3 nitrogen and oxygen atoms in total. The minimum atomic E-state index is -0.0395. The Bertz CT molecular complexity index is 2400. The highest BCUT2D eigenvalue weighted by atomic mass is 127. The first-order valence-corrected chi connectivity index (χ1v) is 18.0. The maximum atomic E-state index is 3.29. The zero-order chi connectivity index (χ0) is 35.8. The van der Waals surface area contributed by atoms with E-state index in [-0.39, 0.29) is 51.8 Å². The van der Waals surface area contributed by atoms with Crippen molar-refractivity contribution in [1.29, 1.82) is 0 Å². The summed E-state index contributed by atoms with van der Waals surface area (Å²) in [5.41, 5.74) is 12.2. The zero-order valence-electron chi connectivity index (χ0n) is 31.8. The van der Waals surface area contributed by atoms with E-state index in [1.807, 2.05) is 30.5 Å². The van der Waals surface area contributed by atoms with Crippen LogP contribution in [0.1, 0.15) is 49.9 Å². The van der Waals surface area contributed by atoms with Gasteiger partial charge in [0.2, 0.25) is 11.4 Å². The van der Waals surface area contributed by atoms with Crippen LogP contribution >= 0.6 is 0 Å². The van der Waals surface area contributed by atoms with Crippen molar-refractivity contribution in [2.24, 2.45) is 0 Å². The average Bonchev–Trinajstić information content (AvgIpc) is 3.47. The van der Waals surface area contributed by atoms with Crippen molar-refractivity contribution < 1.29 is 50.1 Å². The Kier molecular flexibility index (Phi) is 12.3. The van der Waals surface area contributed by atoms with E-state index in [0.717, 1.165) is 12.1 Å². The molecule has 0 fully saturated rings. The summed E-state index contributed by atoms with van der Waals surface area (Å²) in [5, 5.41) is 8.65. The number of allylic oxidation sites excluding steroid dienone is 3. The van der Waals surface area contributed by atoms with Crippen LogP contribution in [-0.2, 0) is 17.3 Å². The number of anilines is 1. The van der Waals surface area contributed by atoms with Gasteiger partial charge in [0.1, 0.15) is 14.1 Å². The summed E-state index contributed by atoms with van der Waals surface area (Å²) in [6.07, 6.45) is 9.38. The molecule has 2 heterocycles. The largest absolute Gasteiger partial charge is 1.00 e. The van der Waals surface area contributed by atoms with Crippen molar-refractivity contribution >= 4 is 50.0 Å². The molecular formula is C48H49BrIN3. The van der Waals surface area contributed by atoms with Gasteiger partial charge in [-0.1, -0.05) is 97.1 Å². The van der Waals surface area contributed by atoms with Crippen molar-refractivity contribution in [3.05, 3.63) is 174 Å². The Morgan fingerprint density at radius 1 is 0.604 bits per heavy atom. The molecule has 1 unspecified atom stereocenters. The van der Waals surface area contributed by atoms with Crippen molar-refractivity contribution in [3.63, 3.8) is 0 Å². The first-order chi connectivity index (χ1) is 24.6. The Morgan fingerprint density at radius 2 is 1.15 bits per heavy atom. The molecule has 0 saturated carbocycles. The lowest BCUT2D eigenvalue weighted by atomic mass is 9.73. The minimum Gasteiger partial charge on any atom is -1.00 e. The van der Waals surface area contributed by atoms with Gasteiger partial charge in [-0.3, -0.25) is 0 Å². The first kappa shape index (κ1) is 39.9. The van der Waals surface area contributed by atoms with Crippen LogP contribution < -0.4 is 46.3 Å². The van der Waals surface area contributed by atoms with E-state index < -0.39 is 0 Å². The molecule has 0 saturated heterocycles. The number of rotatable bonds is 6. The average molecular weight is 875 g/mol. The molecule has 53 heavy (non-hydrogen) atoms. The van der Waals surface area contributed by atoms with Crippen molar-refractivity contribution in [3.8, 4) is 0 Å². The Hall–Kier alpha value is -4.33.